The fourth-order valence-corrected chi connectivity index (χ4v) is 0.982. The van der Waals surface area contributed by atoms with Crippen molar-refractivity contribution in [2.24, 2.45) is 0 Å². The molecule has 0 unspecified atom stereocenters. The first-order valence-corrected chi connectivity index (χ1v) is 4.19. The second-order valence-corrected chi connectivity index (χ2v) is 2.57. The van der Waals surface area contributed by atoms with Crippen LogP contribution < -0.4 is 0 Å². The molecule has 1 aromatic heterocycles. The van der Waals surface area contributed by atoms with Gasteiger partial charge in [-0.3, -0.25) is 4.79 Å². The highest BCUT2D eigenvalue weighted by Crippen LogP contribution is 2.14. The number of hydrogen-bond donors (Lipinski definition) is 0. The van der Waals surface area contributed by atoms with Gasteiger partial charge in [0.2, 0.25) is 0 Å². The first-order valence-electron chi connectivity index (χ1n) is 4.19. The zero-order valence-electron chi connectivity index (χ0n) is 7.93. The molecule has 0 bridgehead atoms. The largest absolute Gasteiger partial charge is 0.353 e. The number of nitrogens with zero attached hydrogens (tertiary/aromatic N) is 1. The molecule has 0 aliphatic heterocycles. The van der Waals surface area contributed by atoms with Gasteiger partial charge in [0, 0.05) is 6.07 Å². The van der Waals surface area contributed by atoms with Gasteiger partial charge in [0.1, 0.15) is 5.69 Å². The van der Waals surface area contributed by atoms with E-state index in [0.29, 0.717) is 12.0 Å². The van der Waals surface area contributed by atoms with Gasteiger partial charge in [-0.05, 0) is 12.5 Å². The van der Waals surface area contributed by atoms with Crippen molar-refractivity contribution in [2.75, 3.05) is 0 Å². The summed E-state index contributed by atoms with van der Waals surface area (Å²) in [5, 5.41) is 3.75. The van der Waals surface area contributed by atoms with E-state index >= 15 is 0 Å². The van der Waals surface area contributed by atoms with E-state index in [1.54, 1.807) is 18.2 Å². The summed E-state index contributed by atoms with van der Waals surface area (Å²) in [4.78, 5) is 10.4. The van der Waals surface area contributed by atoms with E-state index in [-0.39, 0.29) is 5.76 Å². The van der Waals surface area contributed by atoms with Crippen molar-refractivity contribution in [1.82, 2.24) is 5.16 Å². The second-order valence-electron chi connectivity index (χ2n) is 2.57. The highest BCUT2D eigenvalue weighted by atomic mass is 16.5. The maximum atomic E-state index is 10.4. The van der Waals surface area contributed by atoms with E-state index in [1.807, 2.05) is 19.1 Å². The molecule has 0 saturated heterocycles. The molecular formula is C11H11NO2. The Balaban J connectivity index is 2.95. The molecule has 3 heteroatoms. The van der Waals surface area contributed by atoms with E-state index < -0.39 is 0 Å². The van der Waals surface area contributed by atoms with Gasteiger partial charge in [0.25, 0.3) is 0 Å². The summed E-state index contributed by atoms with van der Waals surface area (Å²) in [6, 6.07) is 1.59. The Labute approximate surface area is 82.4 Å². The molecule has 0 radical (unpaired) electrons. The van der Waals surface area contributed by atoms with Gasteiger partial charge in [0.05, 0.1) is 0 Å². The lowest BCUT2D eigenvalue weighted by atomic mass is 10.1. The summed E-state index contributed by atoms with van der Waals surface area (Å²) in [5.74, 6) is 0.228. The van der Waals surface area contributed by atoms with Crippen LogP contribution in [0.15, 0.2) is 41.5 Å². The molecule has 72 valence electrons. The molecule has 0 fully saturated rings. The summed E-state index contributed by atoms with van der Waals surface area (Å²) >= 11 is 0. The van der Waals surface area contributed by atoms with Crippen LogP contribution in [-0.4, -0.2) is 11.4 Å². The van der Waals surface area contributed by atoms with Crippen LogP contribution in [0.1, 0.15) is 23.2 Å². The van der Waals surface area contributed by atoms with E-state index in [1.165, 1.54) is 0 Å². The Morgan fingerprint density at radius 2 is 2.43 bits per heavy atom. The molecule has 0 saturated carbocycles. The SMILES string of the molecule is C=C/C=C\C(=C/C)c1cc(C=O)on1. The third-order valence-electron chi connectivity index (χ3n) is 1.66. The average molecular weight is 189 g/mol. The van der Waals surface area contributed by atoms with Crippen LogP contribution in [0.4, 0.5) is 0 Å². The molecule has 3 nitrogen and oxygen atoms in total. The number of allylic oxidation sites excluding steroid dienone is 5. The van der Waals surface area contributed by atoms with Crippen LogP contribution in [0.2, 0.25) is 0 Å². The first-order chi connectivity index (χ1) is 6.81. The predicted octanol–water partition coefficient (Wildman–Crippen LogP) is 2.63. The molecule has 0 aliphatic rings. The van der Waals surface area contributed by atoms with Crippen LogP contribution in [0.25, 0.3) is 5.57 Å². The normalized spacial score (nSPS) is 11.9. The number of aromatic nitrogens is 1. The average Bonchev–Trinajstić information content (AvgIpc) is 2.68. The van der Waals surface area contributed by atoms with E-state index in [9.17, 15) is 4.79 Å². The topological polar surface area (TPSA) is 43.1 Å². The molecule has 0 aliphatic carbocycles. The number of hydrogen-bond acceptors (Lipinski definition) is 3. The molecule has 0 amide bonds. The van der Waals surface area contributed by atoms with Crippen LogP contribution in [0.3, 0.4) is 0 Å². The second kappa shape index (κ2) is 4.97. The molecule has 0 atom stereocenters. The summed E-state index contributed by atoms with van der Waals surface area (Å²) in [6.45, 7) is 5.45. The first kappa shape index (κ1) is 10.2. The van der Waals surface area contributed by atoms with Crippen molar-refractivity contribution in [1.29, 1.82) is 0 Å². The van der Waals surface area contributed by atoms with Crippen molar-refractivity contribution >= 4 is 11.9 Å². The quantitative estimate of drug-likeness (QED) is 0.540. The lowest BCUT2D eigenvalue weighted by Gasteiger charge is -1.91. The maximum absolute atomic E-state index is 10.4. The molecule has 1 rings (SSSR count). The minimum atomic E-state index is 0.228. The highest BCUT2D eigenvalue weighted by Gasteiger charge is 2.04. The van der Waals surface area contributed by atoms with Crippen molar-refractivity contribution in [3.8, 4) is 0 Å². The van der Waals surface area contributed by atoms with Crippen molar-refractivity contribution in [3.05, 3.63) is 48.4 Å². The van der Waals surface area contributed by atoms with Crippen LogP contribution in [-0.2, 0) is 0 Å². The summed E-state index contributed by atoms with van der Waals surface area (Å²) in [5.41, 5.74) is 1.54. The zero-order valence-corrected chi connectivity index (χ0v) is 7.93. The molecule has 0 spiro atoms. The van der Waals surface area contributed by atoms with Gasteiger partial charge in [0.15, 0.2) is 12.0 Å². The van der Waals surface area contributed by atoms with E-state index in [0.717, 1.165) is 5.57 Å². The minimum Gasteiger partial charge on any atom is -0.353 e. The third kappa shape index (κ3) is 2.29. The van der Waals surface area contributed by atoms with Gasteiger partial charge in [-0.1, -0.05) is 36.0 Å². The van der Waals surface area contributed by atoms with E-state index in [2.05, 4.69) is 11.7 Å². The lowest BCUT2D eigenvalue weighted by molar-refractivity contribution is 0.109. The van der Waals surface area contributed by atoms with Crippen LogP contribution >= 0.6 is 0 Å². The van der Waals surface area contributed by atoms with Gasteiger partial charge in [-0.25, -0.2) is 0 Å². The highest BCUT2D eigenvalue weighted by molar-refractivity contribution is 5.76. The Kier molecular flexibility index (Phi) is 3.61. The molecule has 0 aromatic carbocycles. The standard InChI is InChI=1S/C11H11NO2/c1-3-5-6-9(4-2)11-7-10(8-13)14-12-11/h3-8H,1H2,2H3/b6-5-,9-4+. The van der Waals surface area contributed by atoms with Gasteiger partial charge >= 0.3 is 0 Å². The van der Waals surface area contributed by atoms with Crippen molar-refractivity contribution in [2.45, 2.75) is 6.92 Å². The Morgan fingerprint density at radius 3 is 2.93 bits per heavy atom. The summed E-state index contributed by atoms with van der Waals surface area (Å²) in [7, 11) is 0. The monoisotopic (exact) mass is 189 g/mol. The smallest absolute Gasteiger partial charge is 0.199 e. The van der Waals surface area contributed by atoms with E-state index in [4.69, 9.17) is 4.52 Å². The van der Waals surface area contributed by atoms with Gasteiger partial charge in [-0.15, -0.1) is 0 Å². The molecule has 1 heterocycles. The number of carbonyl (C=O) groups is 1. The molecular weight excluding hydrogens is 178 g/mol. The third-order valence-corrected chi connectivity index (χ3v) is 1.66. The predicted molar refractivity (Wildman–Crippen MR) is 54.9 cm³/mol. The fourth-order valence-electron chi connectivity index (χ4n) is 0.982. The van der Waals surface area contributed by atoms with Gasteiger partial charge < -0.3 is 4.52 Å². The maximum Gasteiger partial charge on any atom is 0.199 e. The Bertz CT molecular complexity index is 386. The Hall–Kier alpha value is -1.90. The van der Waals surface area contributed by atoms with Crippen molar-refractivity contribution < 1.29 is 9.32 Å². The fraction of sp³-hybridized carbons (Fsp3) is 0.0909. The zero-order chi connectivity index (χ0) is 10.4. The lowest BCUT2D eigenvalue weighted by Crippen LogP contribution is -1.78. The molecule has 14 heavy (non-hydrogen) atoms. The molecule has 1 aromatic rings. The van der Waals surface area contributed by atoms with Crippen LogP contribution in [0, 0.1) is 0 Å². The number of rotatable bonds is 4. The Morgan fingerprint density at radius 1 is 1.64 bits per heavy atom. The number of aldehydes is 1. The summed E-state index contributed by atoms with van der Waals surface area (Å²) in [6.07, 6.45) is 7.82. The van der Waals surface area contributed by atoms with Crippen molar-refractivity contribution in [3.63, 3.8) is 0 Å². The minimum absolute atomic E-state index is 0.228. The summed E-state index contributed by atoms with van der Waals surface area (Å²) < 4.78 is 4.76. The van der Waals surface area contributed by atoms with Crippen LogP contribution in [0.5, 0.6) is 0 Å². The van der Waals surface area contributed by atoms with Gasteiger partial charge in [-0.2, -0.15) is 0 Å². The molecule has 0 N–H and O–H groups in total. The number of carbonyl (C=O) groups excluding carboxylic acids is 1.